The molecule has 0 aromatic heterocycles. The number of piperidine rings is 4. The molecule has 0 aromatic rings. The lowest BCUT2D eigenvalue weighted by molar-refractivity contribution is -0.121. The van der Waals surface area contributed by atoms with Crippen LogP contribution < -0.4 is 16.8 Å². The molecule has 6 aliphatic carbocycles. The van der Waals surface area contributed by atoms with Gasteiger partial charge in [-0.25, -0.2) is 19.2 Å². The molecule has 18 nitrogen and oxygen atoms in total. The summed E-state index contributed by atoms with van der Waals surface area (Å²) in [5, 5.41) is 12.4. The lowest BCUT2D eigenvalue weighted by atomic mass is 9.72. The predicted molar refractivity (Wildman–Crippen MR) is 379 cm³/mol. The zero-order valence-electron chi connectivity index (χ0n) is 62.7. The number of nitriles is 1. The summed E-state index contributed by atoms with van der Waals surface area (Å²) in [7, 11) is 0. The van der Waals surface area contributed by atoms with Gasteiger partial charge in [0.15, 0.2) is 0 Å². The van der Waals surface area contributed by atoms with Crippen LogP contribution in [0.15, 0.2) is 0 Å². The summed E-state index contributed by atoms with van der Waals surface area (Å²) in [6.07, 6.45) is 37.0. The number of carbonyl (C=O) groups is 6. The monoisotopic (exact) mass is 1350 g/mol. The lowest BCUT2D eigenvalue weighted by Crippen LogP contribution is -2.45. The van der Waals surface area contributed by atoms with E-state index in [1.807, 2.05) is 97.8 Å². The number of nitrogens with one attached hydrogen (secondary N) is 1. The van der Waals surface area contributed by atoms with E-state index >= 15 is 0 Å². The van der Waals surface area contributed by atoms with Crippen LogP contribution in [0.5, 0.6) is 0 Å². The second-order valence-electron chi connectivity index (χ2n) is 35.8. The van der Waals surface area contributed by atoms with Gasteiger partial charge in [-0.15, -0.1) is 0 Å². The van der Waals surface area contributed by atoms with Crippen molar-refractivity contribution in [3.05, 3.63) is 0 Å². The molecule has 18 heteroatoms. The minimum Gasteiger partial charge on any atom is -0.444 e. The highest BCUT2D eigenvalue weighted by Crippen LogP contribution is 2.51. The van der Waals surface area contributed by atoms with Gasteiger partial charge in [-0.05, 0) is 244 Å². The molecule has 548 valence electrons. The van der Waals surface area contributed by atoms with Crippen LogP contribution in [0, 0.1) is 82.3 Å². The Hall–Kier alpha value is -4.53. The molecule has 0 unspecified atom stereocenters. The smallest absolute Gasteiger partial charge is 0.410 e. The van der Waals surface area contributed by atoms with Crippen LogP contribution in [0.4, 0.5) is 19.2 Å². The average Bonchev–Trinajstić information content (AvgIpc) is 1.63. The molecule has 96 heavy (non-hydrogen) atoms. The van der Waals surface area contributed by atoms with Gasteiger partial charge in [0, 0.05) is 83.2 Å². The van der Waals surface area contributed by atoms with Crippen LogP contribution in [0.25, 0.3) is 0 Å². The fourth-order valence-corrected chi connectivity index (χ4v) is 18.3. The second-order valence-corrected chi connectivity index (χ2v) is 35.8. The number of hydrogen-bond acceptors (Lipinski definition) is 12. The van der Waals surface area contributed by atoms with Crippen LogP contribution in [-0.4, -0.2) is 142 Å². The Labute approximate surface area is 581 Å². The number of rotatable bonds is 16. The number of amides is 6. The zero-order valence-corrected chi connectivity index (χ0v) is 62.7. The molecule has 0 spiro atoms. The van der Waals surface area contributed by atoms with Crippen molar-refractivity contribution in [3.63, 3.8) is 0 Å². The van der Waals surface area contributed by atoms with Gasteiger partial charge in [-0.2, -0.15) is 5.26 Å². The second kappa shape index (κ2) is 35.2. The highest BCUT2D eigenvalue weighted by molar-refractivity contribution is 5.75. The van der Waals surface area contributed by atoms with Crippen LogP contribution in [0.1, 0.15) is 295 Å². The van der Waals surface area contributed by atoms with Gasteiger partial charge < -0.3 is 55.3 Å². The predicted octanol–water partition coefficient (Wildman–Crippen LogP) is 16.5. The molecule has 6 amide bonds. The van der Waals surface area contributed by atoms with E-state index in [4.69, 9.17) is 35.7 Å². The minimum atomic E-state index is -0.452. The Kier molecular flexibility index (Phi) is 28.9. The van der Waals surface area contributed by atoms with Gasteiger partial charge in [0.2, 0.25) is 11.8 Å². The number of ether oxygens (including phenoxy) is 4. The Morgan fingerprint density at radius 2 is 0.667 bits per heavy atom. The first-order chi connectivity index (χ1) is 45.1. The number of nitrogens with zero attached hydrogens (tertiary/aromatic N) is 5. The van der Waals surface area contributed by atoms with E-state index < -0.39 is 22.4 Å². The van der Waals surface area contributed by atoms with E-state index in [-0.39, 0.29) is 47.3 Å². The maximum Gasteiger partial charge on any atom is 0.410 e. The third kappa shape index (κ3) is 26.2. The van der Waals surface area contributed by atoms with Crippen LogP contribution >= 0.6 is 0 Å². The molecular weight excluding hydrogens is 1210 g/mol. The Balaban J connectivity index is 0.000000181. The summed E-state index contributed by atoms with van der Waals surface area (Å²) in [6, 6.07) is 2.40. The summed E-state index contributed by atoms with van der Waals surface area (Å²) in [5.74, 6) is 7.88. The van der Waals surface area contributed by atoms with Crippen molar-refractivity contribution in [1.29, 1.82) is 5.26 Å². The van der Waals surface area contributed by atoms with Crippen molar-refractivity contribution >= 4 is 36.2 Å². The van der Waals surface area contributed by atoms with Gasteiger partial charge in [-0.1, -0.05) is 103 Å². The first-order valence-corrected chi connectivity index (χ1v) is 38.7. The quantitative estimate of drug-likeness (QED) is 0.122. The van der Waals surface area contributed by atoms with E-state index in [2.05, 4.69) is 11.4 Å². The van der Waals surface area contributed by atoms with Crippen molar-refractivity contribution in [2.75, 3.05) is 52.4 Å². The third-order valence-electron chi connectivity index (χ3n) is 23.4. The van der Waals surface area contributed by atoms with Crippen molar-refractivity contribution in [3.8, 4) is 6.07 Å². The summed E-state index contributed by atoms with van der Waals surface area (Å²) >= 11 is 0. The normalized spacial score (nSPS) is 23.9. The van der Waals surface area contributed by atoms with E-state index in [0.717, 1.165) is 153 Å². The molecule has 4 atom stereocenters. The molecular formula is C78H136N8O10. The Morgan fingerprint density at radius 3 is 0.917 bits per heavy atom. The maximum absolute atomic E-state index is 12.4. The summed E-state index contributed by atoms with van der Waals surface area (Å²) in [6.45, 7) is 30.9. The molecule has 0 radical (unpaired) electrons. The zero-order chi connectivity index (χ0) is 70.2. The molecule has 0 aromatic carbocycles. The van der Waals surface area contributed by atoms with Gasteiger partial charge in [0.05, 0.1) is 6.07 Å². The Bertz CT molecular complexity index is 2480. The first kappa shape index (κ1) is 78.8. The molecule has 5 N–H and O–H groups in total. The third-order valence-corrected chi connectivity index (χ3v) is 23.4. The number of hydrogen-bond donors (Lipinski definition) is 3. The van der Waals surface area contributed by atoms with Gasteiger partial charge >= 0.3 is 24.4 Å². The first-order valence-electron chi connectivity index (χ1n) is 38.7. The van der Waals surface area contributed by atoms with E-state index in [9.17, 15) is 28.8 Å². The fraction of sp³-hybridized carbons (Fsp3) is 0.910. The molecule has 6 saturated carbocycles. The maximum atomic E-state index is 12.4. The molecule has 0 bridgehead atoms. The number of primary amides is 1. The minimum absolute atomic E-state index is 0.0708. The standard InChI is InChI=1S/C22H38N2O3.C20H36N2O2.C18H32N2O3.C18H30N2O2/c1-16(25)23-22(11-12-22)15-19(17-7-5-6-8-17)18-9-13-24(14-10-18)20(26)27-21(2,3)4;1-19(2,3)24-18(23)22-12-8-16(9-13-22)17(14-20(21)10-11-20)15-6-4-5-7-15;1-18(2,3)23-17(22)20-10-8-14(9-11-20)15(12-16(19)21)13-6-4-5-7-13;1-18(2,3)22-17(21)20-12-9-15(10-13-20)16(8-11-19)14-6-4-5-7-14/h17-19H,5-15H2,1-4H3,(H,23,25);15-17H,4-14,21H2,1-3H3;13-15H,4-12H2,1-3H3,(H2,19,21);14-16H,4-10,12-13H2,1-3H3/t19-;17-;15-;16-/m0000/s1. The summed E-state index contributed by atoms with van der Waals surface area (Å²) < 4.78 is 22.0. The van der Waals surface area contributed by atoms with E-state index in [1.54, 1.807) is 11.8 Å². The molecule has 4 saturated heterocycles. The summed E-state index contributed by atoms with van der Waals surface area (Å²) in [4.78, 5) is 79.5. The van der Waals surface area contributed by atoms with E-state index in [0.29, 0.717) is 54.3 Å². The van der Waals surface area contributed by atoms with Gasteiger partial charge in [0.1, 0.15) is 22.4 Å². The highest BCUT2D eigenvalue weighted by atomic mass is 16.6. The lowest BCUT2D eigenvalue weighted by Gasteiger charge is -2.40. The van der Waals surface area contributed by atoms with Crippen molar-refractivity contribution in [2.45, 2.75) is 329 Å². The van der Waals surface area contributed by atoms with Crippen molar-refractivity contribution < 1.29 is 47.7 Å². The van der Waals surface area contributed by atoms with Gasteiger partial charge in [0.25, 0.3) is 0 Å². The van der Waals surface area contributed by atoms with Crippen LogP contribution in [0.2, 0.25) is 0 Å². The summed E-state index contributed by atoms with van der Waals surface area (Å²) in [5.41, 5.74) is 10.5. The molecule has 10 aliphatic rings. The van der Waals surface area contributed by atoms with Crippen LogP contribution in [0.3, 0.4) is 0 Å². The van der Waals surface area contributed by atoms with Crippen molar-refractivity contribution in [2.24, 2.45) is 82.5 Å². The van der Waals surface area contributed by atoms with Crippen molar-refractivity contribution in [1.82, 2.24) is 24.9 Å². The number of likely N-dealkylation sites (tertiary alicyclic amines) is 4. The molecule has 10 rings (SSSR count). The average molecular weight is 1350 g/mol. The fourth-order valence-electron chi connectivity index (χ4n) is 18.3. The number of nitrogens with two attached hydrogens (primary N) is 2. The van der Waals surface area contributed by atoms with Gasteiger partial charge in [-0.3, -0.25) is 9.59 Å². The molecule has 4 heterocycles. The topological polar surface area (TPSA) is 240 Å². The molecule has 4 aliphatic heterocycles. The van der Waals surface area contributed by atoms with Crippen LogP contribution in [-0.2, 0) is 28.5 Å². The number of carbonyl (C=O) groups excluding carboxylic acids is 6. The largest absolute Gasteiger partial charge is 0.444 e. The van der Waals surface area contributed by atoms with E-state index in [1.165, 1.54) is 122 Å². The molecule has 10 fully saturated rings. The Morgan fingerprint density at radius 1 is 0.417 bits per heavy atom. The highest BCUT2D eigenvalue weighted by Gasteiger charge is 2.49. The SMILES string of the molecule is CC(=O)NC1(C[C@@H](C2CCCC2)C2CCN(C(=O)OC(C)(C)C)CC2)CC1.CC(C)(C)OC(=O)N1CCC([C@@H](CC#N)C2CCCC2)CC1.CC(C)(C)OC(=O)N1CCC([C@@H](CC(N)=O)C2CCCC2)CC1.CC(C)(C)OC(=O)N1CCC([C@@H](CC2(N)CC2)C2CCCC2)CC1.